The maximum absolute atomic E-state index is 13.1. The summed E-state index contributed by atoms with van der Waals surface area (Å²) in [6.45, 7) is 7.65. The highest BCUT2D eigenvalue weighted by molar-refractivity contribution is 5.93. The number of nitrogen functional groups attached to an aromatic ring is 1. The smallest absolute Gasteiger partial charge is 0.238 e. The first-order valence-electron chi connectivity index (χ1n) is 9.99. The number of aromatic hydroxyl groups is 3. The average molecular weight is 421 g/mol. The maximum atomic E-state index is 13.1. The van der Waals surface area contributed by atoms with Crippen molar-refractivity contribution in [2.24, 2.45) is 0 Å². The molecule has 2 aromatic carbocycles. The van der Waals surface area contributed by atoms with Gasteiger partial charge in [0.1, 0.15) is 22.5 Å². The highest BCUT2D eigenvalue weighted by Crippen LogP contribution is 2.42. The second-order valence-corrected chi connectivity index (χ2v) is 8.06. The Hall–Kier alpha value is -3.67. The summed E-state index contributed by atoms with van der Waals surface area (Å²) in [5, 5.41) is 32.3. The van der Waals surface area contributed by atoms with E-state index in [0.717, 1.165) is 11.1 Å². The van der Waals surface area contributed by atoms with Gasteiger partial charge in [-0.25, -0.2) is 0 Å². The molecule has 0 atom stereocenters. The molecule has 0 unspecified atom stereocenters. The van der Waals surface area contributed by atoms with Gasteiger partial charge in [0.2, 0.25) is 11.2 Å². The van der Waals surface area contributed by atoms with E-state index in [2.05, 4.69) is 0 Å². The molecular weight excluding hydrogens is 394 g/mol. The largest absolute Gasteiger partial charge is 0.507 e. The molecule has 0 aliphatic heterocycles. The Morgan fingerprint density at radius 1 is 0.871 bits per heavy atom. The first kappa shape index (κ1) is 22.0. The van der Waals surface area contributed by atoms with Gasteiger partial charge in [-0.15, -0.1) is 0 Å². The normalized spacial score (nSPS) is 10.8. The van der Waals surface area contributed by atoms with Crippen LogP contribution < -0.4 is 11.2 Å². The molecule has 162 valence electrons. The van der Waals surface area contributed by atoms with E-state index >= 15 is 0 Å². The molecule has 0 fully saturated rings. The van der Waals surface area contributed by atoms with Crippen LogP contribution >= 0.6 is 0 Å². The van der Waals surface area contributed by atoms with E-state index < -0.39 is 11.2 Å². The monoisotopic (exact) mass is 421 g/mol. The number of anilines is 1. The minimum Gasteiger partial charge on any atom is -0.507 e. The van der Waals surface area contributed by atoms with E-state index in [4.69, 9.17) is 10.2 Å². The molecule has 31 heavy (non-hydrogen) atoms. The zero-order chi connectivity index (χ0) is 22.9. The van der Waals surface area contributed by atoms with Gasteiger partial charge in [0.05, 0.1) is 0 Å². The standard InChI is InChI=1S/C25H27NO5/c1-13(2)5-11-17-20(27)18(12-6-14(3)4)25-19(21(17)28)22(29)23(30)24(31-25)15-7-9-16(26)10-8-15/h5-10,27-28,30H,11-12,26H2,1-4H3. The van der Waals surface area contributed by atoms with E-state index in [0.29, 0.717) is 23.2 Å². The van der Waals surface area contributed by atoms with Gasteiger partial charge in [-0.3, -0.25) is 4.79 Å². The fraction of sp³-hybridized carbons (Fsp3) is 0.240. The molecule has 1 aromatic heterocycles. The molecule has 6 nitrogen and oxygen atoms in total. The number of phenols is 2. The van der Waals surface area contributed by atoms with E-state index in [1.165, 1.54) is 0 Å². The van der Waals surface area contributed by atoms with Gasteiger partial charge in [0, 0.05) is 22.4 Å². The Bertz CT molecular complexity index is 1260. The first-order chi connectivity index (χ1) is 14.6. The number of hydrogen-bond acceptors (Lipinski definition) is 6. The second kappa shape index (κ2) is 8.60. The van der Waals surface area contributed by atoms with Gasteiger partial charge in [0.15, 0.2) is 5.76 Å². The van der Waals surface area contributed by atoms with Crippen molar-refractivity contribution >= 4 is 16.7 Å². The van der Waals surface area contributed by atoms with E-state index in [1.54, 1.807) is 24.3 Å². The number of rotatable bonds is 5. The molecule has 0 saturated carbocycles. The number of benzene rings is 2. The third-order valence-electron chi connectivity index (χ3n) is 5.06. The van der Waals surface area contributed by atoms with Crippen LogP contribution in [0, 0.1) is 0 Å². The first-order valence-corrected chi connectivity index (χ1v) is 9.99. The Morgan fingerprint density at radius 3 is 1.97 bits per heavy atom. The van der Waals surface area contributed by atoms with Crippen LogP contribution in [-0.2, 0) is 12.8 Å². The summed E-state index contributed by atoms with van der Waals surface area (Å²) < 4.78 is 5.95. The highest BCUT2D eigenvalue weighted by Gasteiger charge is 2.25. The SMILES string of the molecule is CC(C)=CCc1c(O)c(CC=C(C)C)c2oc(-c3ccc(N)cc3)c(O)c(=O)c2c1O. The van der Waals surface area contributed by atoms with Gasteiger partial charge >= 0.3 is 0 Å². The molecule has 0 radical (unpaired) electrons. The molecule has 3 rings (SSSR count). The molecule has 0 aliphatic rings. The number of hydrogen-bond donors (Lipinski definition) is 4. The highest BCUT2D eigenvalue weighted by atomic mass is 16.4. The van der Waals surface area contributed by atoms with Crippen molar-refractivity contribution in [1.82, 2.24) is 0 Å². The fourth-order valence-electron chi connectivity index (χ4n) is 3.33. The Kier molecular flexibility index (Phi) is 6.11. The zero-order valence-corrected chi connectivity index (χ0v) is 18.1. The van der Waals surface area contributed by atoms with Gasteiger partial charge in [-0.2, -0.15) is 0 Å². The second-order valence-electron chi connectivity index (χ2n) is 8.06. The zero-order valence-electron chi connectivity index (χ0n) is 18.1. The lowest BCUT2D eigenvalue weighted by Gasteiger charge is -2.15. The molecule has 5 N–H and O–H groups in total. The molecule has 1 heterocycles. The van der Waals surface area contributed by atoms with E-state index in [-0.39, 0.29) is 40.2 Å². The van der Waals surface area contributed by atoms with Crippen molar-refractivity contribution in [2.75, 3.05) is 5.73 Å². The number of allylic oxidation sites excluding steroid dienone is 4. The molecule has 0 bridgehead atoms. The summed E-state index contributed by atoms with van der Waals surface area (Å²) in [7, 11) is 0. The lowest BCUT2D eigenvalue weighted by molar-refractivity contribution is 0.430. The van der Waals surface area contributed by atoms with Crippen LogP contribution in [0.15, 0.2) is 56.8 Å². The van der Waals surface area contributed by atoms with Crippen LogP contribution in [0.5, 0.6) is 17.2 Å². The van der Waals surface area contributed by atoms with Gasteiger partial charge in [0.25, 0.3) is 0 Å². The van der Waals surface area contributed by atoms with Crippen LogP contribution in [0.1, 0.15) is 38.8 Å². The summed E-state index contributed by atoms with van der Waals surface area (Å²) in [6, 6.07) is 6.50. The minimum absolute atomic E-state index is 0.0445. The van der Waals surface area contributed by atoms with Crippen LogP contribution in [0.4, 0.5) is 5.69 Å². The topological polar surface area (TPSA) is 117 Å². The lowest BCUT2D eigenvalue weighted by atomic mass is 9.96. The lowest BCUT2D eigenvalue weighted by Crippen LogP contribution is -2.07. The van der Waals surface area contributed by atoms with Gasteiger partial charge in [-0.1, -0.05) is 23.3 Å². The summed E-state index contributed by atoms with van der Waals surface area (Å²) in [6.07, 6.45) is 4.26. The molecule has 6 heteroatoms. The van der Waals surface area contributed by atoms with Crippen molar-refractivity contribution in [3.8, 4) is 28.6 Å². The number of phenolic OH excluding ortho intramolecular Hbond substituents is 2. The molecule has 3 aromatic rings. The van der Waals surface area contributed by atoms with E-state index in [9.17, 15) is 20.1 Å². The number of fused-ring (bicyclic) bond motifs is 1. The van der Waals surface area contributed by atoms with Crippen LogP contribution in [-0.4, -0.2) is 15.3 Å². The van der Waals surface area contributed by atoms with Crippen LogP contribution in [0.25, 0.3) is 22.3 Å². The molecule has 0 aliphatic carbocycles. The Morgan fingerprint density at radius 2 is 1.42 bits per heavy atom. The summed E-state index contributed by atoms with van der Waals surface area (Å²) in [4.78, 5) is 13.1. The van der Waals surface area contributed by atoms with Crippen LogP contribution in [0.3, 0.4) is 0 Å². The van der Waals surface area contributed by atoms with Crippen molar-refractivity contribution in [2.45, 2.75) is 40.5 Å². The summed E-state index contributed by atoms with van der Waals surface area (Å²) in [5.41, 5.74) is 8.60. The van der Waals surface area contributed by atoms with Crippen molar-refractivity contribution in [1.29, 1.82) is 0 Å². The van der Waals surface area contributed by atoms with Crippen molar-refractivity contribution in [3.63, 3.8) is 0 Å². The predicted octanol–water partition coefficient (Wildman–Crippen LogP) is 5.18. The Labute approximate surface area is 180 Å². The van der Waals surface area contributed by atoms with Gasteiger partial charge < -0.3 is 25.5 Å². The molecule has 0 spiro atoms. The minimum atomic E-state index is -0.762. The molecule has 0 saturated heterocycles. The third kappa shape index (κ3) is 4.28. The molecular formula is C25H27NO5. The fourth-order valence-corrected chi connectivity index (χ4v) is 3.33. The Balaban J connectivity index is 2.42. The van der Waals surface area contributed by atoms with Crippen molar-refractivity contribution in [3.05, 3.63) is 68.9 Å². The predicted molar refractivity (Wildman–Crippen MR) is 124 cm³/mol. The quantitative estimate of drug-likeness (QED) is 0.333. The maximum Gasteiger partial charge on any atom is 0.238 e. The summed E-state index contributed by atoms with van der Waals surface area (Å²) in [5.74, 6) is -1.18. The third-order valence-corrected chi connectivity index (χ3v) is 5.06. The number of nitrogens with two attached hydrogens (primary N) is 1. The average Bonchev–Trinajstić information content (AvgIpc) is 2.70. The van der Waals surface area contributed by atoms with Gasteiger partial charge in [-0.05, 0) is 64.8 Å². The van der Waals surface area contributed by atoms with E-state index in [1.807, 2.05) is 39.8 Å². The summed E-state index contributed by atoms with van der Waals surface area (Å²) >= 11 is 0. The van der Waals surface area contributed by atoms with Crippen molar-refractivity contribution < 1.29 is 19.7 Å². The molecule has 0 amide bonds. The van der Waals surface area contributed by atoms with Crippen LogP contribution in [0.2, 0.25) is 0 Å².